The summed E-state index contributed by atoms with van der Waals surface area (Å²) < 4.78 is 2.68. The molecule has 0 bridgehead atoms. The number of fused-ring (bicyclic) bond motifs is 1. The molecule has 0 spiro atoms. The molecule has 2 amide bonds. The molecule has 1 aliphatic rings. The molecule has 1 fully saturated rings. The van der Waals surface area contributed by atoms with Crippen LogP contribution in [0.15, 0.2) is 96.4 Å². The smallest absolute Gasteiger partial charge is 0.265 e. The highest BCUT2D eigenvalue weighted by Crippen LogP contribution is 2.32. The van der Waals surface area contributed by atoms with Gasteiger partial charge in [-0.3, -0.25) is 14.4 Å². The van der Waals surface area contributed by atoms with Gasteiger partial charge in [0, 0.05) is 61.8 Å². The number of hydrogen-bond acceptors (Lipinski definition) is 6. The van der Waals surface area contributed by atoms with E-state index in [2.05, 4.69) is 33.9 Å². The van der Waals surface area contributed by atoms with Crippen LogP contribution in [0.5, 0.6) is 0 Å². The third-order valence-corrected chi connectivity index (χ3v) is 9.97. The standard InChI is InChI=1S/C38H39N5O3S/c1-5-36(44)39-32-21-26(14-15-33(32)43-18-16-42(6-2)17-19-43)20-28-22-29(24-41(4)38(28)46)30-11-9-12-31(25(30)3)40-37(45)35-23-27-10-7-8-13-34(27)47-35/h5,7-15,21-24H,1,6,16-20H2,2-4H3,(H,39,44)(H,40,45). The molecule has 5 aromatic rings. The third kappa shape index (κ3) is 6.91. The summed E-state index contributed by atoms with van der Waals surface area (Å²) in [5.74, 6) is -0.425. The zero-order valence-corrected chi connectivity index (χ0v) is 27.8. The molecule has 0 saturated carbocycles. The first kappa shape index (κ1) is 32.0. The van der Waals surface area contributed by atoms with Crippen molar-refractivity contribution in [3.63, 3.8) is 0 Å². The number of nitrogens with one attached hydrogen (secondary N) is 2. The lowest BCUT2D eigenvalue weighted by Crippen LogP contribution is -2.46. The Hall–Kier alpha value is -4.99. The number of likely N-dealkylation sites (N-methyl/N-ethyl adjacent to an activating group) is 1. The molecule has 1 saturated heterocycles. The lowest BCUT2D eigenvalue weighted by Gasteiger charge is -2.36. The van der Waals surface area contributed by atoms with Crippen LogP contribution in [-0.2, 0) is 18.3 Å². The van der Waals surface area contributed by atoms with Gasteiger partial charge >= 0.3 is 0 Å². The second kappa shape index (κ2) is 13.8. The molecule has 9 heteroatoms. The Morgan fingerprint density at radius 2 is 1.72 bits per heavy atom. The predicted molar refractivity (Wildman–Crippen MR) is 194 cm³/mol. The van der Waals surface area contributed by atoms with Gasteiger partial charge in [-0.1, -0.05) is 49.9 Å². The number of piperazine rings is 1. The normalized spacial score (nSPS) is 13.5. The minimum atomic E-state index is -0.275. The van der Waals surface area contributed by atoms with Crippen molar-refractivity contribution in [3.05, 3.63) is 124 Å². The zero-order valence-electron chi connectivity index (χ0n) is 27.0. The van der Waals surface area contributed by atoms with E-state index in [0.717, 1.165) is 76.4 Å². The minimum absolute atomic E-state index is 0.0861. The maximum Gasteiger partial charge on any atom is 0.265 e. The average Bonchev–Trinajstić information content (AvgIpc) is 3.53. The van der Waals surface area contributed by atoms with Crippen molar-refractivity contribution in [2.75, 3.05) is 48.3 Å². The average molecular weight is 646 g/mol. The fourth-order valence-corrected chi connectivity index (χ4v) is 7.15. The summed E-state index contributed by atoms with van der Waals surface area (Å²) in [5.41, 5.74) is 6.57. The number of amides is 2. The van der Waals surface area contributed by atoms with Crippen molar-refractivity contribution in [1.82, 2.24) is 9.47 Å². The van der Waals surface area contributed by atoms with Crippen molar-refractivity contribution in [2.24, 2.45) is 7.05 Å². The molecular formula is C38H39N5O3S. The lowest BCUT2D eigenvalue weighted by molar-refractivity contribution is -0.111. The number of pyridine rings is 1. The fraction of sp³-hybridized carbons (Fsp3) is 0.237. The second-order valence-electron chi connectivity index (χ2n) is 11.9. The van der Waals surface area contributed by atoms with Gasteiger partial charge in [-0.05, 0) is 83.6 Å². The van der Waals surface area contributed by atoms with Crippen LogP contribution in [0.4, 0.5) is 17.1 Å². The van der Waals surface area contributed by atoms with Crippen LogP contribution in [0.25, 0.3) is 21.2 Å². The minimum Gasteiger partial charge on any atom is -0.367 e. The molecule has 0 unspecified atom stereocenters. The van der Waals surface area contributed by atoms with Gasteiger partial charge in [0.1, 0.15) is 0 Å². The Kier molecular flexibility index (Phi) is 9.38. The number of nitrogens with zero attached hydrogens (tertiary/aromatic N) is 3. The number of aryl methyl sites for hydroxylation is 1. The zero-order chi connectivity index (χ0) is 33.1. The quantitative estimate of drug-likeness (QED) is 0.175. The summed E-state index contributed by atoms with van der Waals surface area (Å²) in [4.78, 5) is 44.4. The van der Waals surface area contributed by atoms with Crippen LogP contribution < -0.4 is 21.1 Å². The predicted octanol–water partition coefficient (Wildman–Crippen LogP) is 6.68. The van der Waals surface area contributed by atoms with Gasteiger partial charge in [0.2, 0.25) is 5.91 Å². The van der Waals surface area contributed by atoms with E-state index in [1.807, 2.05) is 85.9 Å². The number of benzene rings is 3. The molecule has 8 nitrogen and oxygen atoms in total. The van der Waals surface area contributed by atoms with E-state index in [1.54, 1.807) is 11.6 Å². The first-order valence-electron chi connectivity index (χ1n) is 15.9. The van der Waals surface area contributed by atoms with Crippen molar-refractivity contribution in [3.8, 4) is 11.1 Å². The van der Waals surface area contributed by atoms with Crippen LogP contribution in [0, 0.1) is 6.92 Å². The van der Waals surface area contributed by atoms with E-state index in [4.69, 9.17) is 0 Å². The molecule has 47 heavy (non-hydrogen) atoms. The molecule has 0 atom stereocenters. The summed E-state index contributed by atoms with van der Waals surface area (Å²) in [6, 6.07) is 23.7. The molecule has 240 valence electrons. The molecule has 6 rings (SSSR count). The Morgan fingerprint density at radius 3 is 2.47 bits per heavy atom. The molecule has 0 aliphatic carbocycles. The summed E-state index contributed by atoms with van der Waals surface area (Å²) >= 11 is 1.47. The van der Waals surface area contributed by atoms with Gasteiger partial charge in [-0.25, -0.2) is 0 Å². The van der Waals surface area contributed by atoms with Crippen molar-refractivity contribution in [1.29, 1.82) is 0 Å². The number of hydrogen-bond donors (Lipinski definition) is 2. The van der Waals surface area contributed by atoms with Gasteiger partial charge in [0.15, 0.2) is 0 Å². The molecule has 2 N–H and O–H groups in total. The first-order chi connectivity index (χ1) is 22.7. The first-order valence-corrected chi connectivity index (χ1v) is 16.7. The Labute approximate surface area is 279 Å². The van der Waals surface area contributed by atoms with E-state index in [9.17, 15) is 14.4 Å². The summed E-state index contributed by atoms with van der Waals surface area (Å²) in [5, 5.41) is 7.14. The summed E-state index contributed by atoms with van der Waals surface area (Å²) in [6.45, 7) is 12.5. The highest BCUT2D eigenvalue weighted by molar-refractivity contribution is 7.20. The largest absolute Gasteiger partial charge is 0.367 e. The highest BCUT2D eigenvalue weighted by Gasteiger charge is 2.20. The Balaban J connectivity index is 1.28. The van der Waals surface area contributed by atoms with Crippen LogP contribution >= 0.6 is 11.3 Å². The number of anilines is 3. The van der Waals surface area contributed by atoms with E-state index in [0.29, 0.717) is 22.5 Å². The number of carbonyl (C=O) groups excluding carboxylic acids is 2. The van der Waals surface area contributed by atoms with E-state index in [-0.39, 0.29) is 17.4 Å². The Bertz CT molecular complexity index is 2000. The van der Waals surface area contributed by atoms with Crippen LogP contribution in [0.3, 0.4) is 0 Å². The molecule has 3 aromatic carbocycles. The van der Waals surface area contributed by atoms with Crippen LogP contribution in [-0.4, -0.2) is 54.0 Å². The molecule has 0 radical (unpaired) electrons. The Morgan fingerprint density at radius 1 is 0.936 bits per heavy atom. The van der Waals surface area contributed by atoms with Gasteiger partial charge in [-0.2, -0.15) is 0 Å². The van der Waals surface area contributed by atoms with E-state index in [1.165, 1.54) is 17.4 Å². The monoisotopic (exact) mass is 645 g/mol. The van der Waals surface area contributed by atoms with Crippen LogP contribution in [0.2, 0.25) is 0 Å². The van der Waals surface area contributed by atoms with Gasteiger partial charge < -0.3 is 25.0 Å². The van der Waals surface area contributed by atoms with Gasteiger partial charge in [0.05, 0.1) is 16.3 Å². The molecular weight excluding hydrogens is 607 g/mol. The van der Waals surface area contributed by atoms with Gasteiger partial charge in [-0.15, -0.1) is 11.3 Å². The summed E-state index contributed by atoms with van der Waals surface area (Å²) in [7, 11) is 1.76. The third-order valence-electron chi connectivity index (χ3n) is 8.86. The topological polar surface area (TPSA) is 86.7 Å². The van der Waals surface area contributed by atoms with E-state index >= 15 is 0 Å². The highest BCUT2D eigenvalue weighted by atomic mass is 32.1. The SMILES string of the molecule is C=CC(=O)Nc1cc(Cc2cc(-c3cccc(NC(=O)c4cc5ccccc5s4)c3C)cn(C)c2=O)ccc1N1CCN(CC)CC1. The second-order valence-corrected chi connectivity index (χ2v) is 13.0. The molecule has 2 aromatic heterocycles. The lowest BCUT2D eigenvalue weighted by atomic mass is 9.97. The fourth-order valence-electron chi connectivity index (χ4n) is 6.19. The number of thiophene rings is 1. The number of rotatable bonds is 9. The molecule has 1 aliphatic heterocycles. The van der Waals surface area contributed by atoms with Crippen molar-refractivity contribution < 1.29 is 9.59 Å². The van der Waals surface area contributed by atoms with Crippen molar-refractivity contribution >= 4 is 50.3 Å². The van der Waals surface area contributed by atoms with Crippen LogP contribution in [0.1, 0.15) is 33.3 Å². The maximum absolute atomic E-state index is 13.4. The van der Waals surface area contributed by atoms with Gasteiger partial charge in [0.25, 0.3) is 11.5 Å². The van der Waals surface area contributed by atoms with Crippen molar-refractivity contribution in [2.45, 2.75) is 20.3 Å². The number of aromatic nitrogens is 1. The number of carbonyl (C=O) groups is 2. The summed E-state index contributed by atoms with van der Waals surface area (Å²) in [6.07, 6.45) is 3.50. The van der Waals surface area contributed by atoms with E-state index < -0.39 is 0 Å². The maximum atomic E-state index is 13.4. The molecule has 3 heterocycles.